The van der Waals surface area contributed by atoms with Gasteiger partial charge in [0, 0.05) is 5.92 Å². The van der Waals surface area contributed by atoms with E-state index in [4.69, 9.17) is 7.85 Å². The standard InChI is InChI=1S/C15H27BO2/c1-10(17)14-7-3-5-12(15(14)18)8-11-4-2-6-13(16)9-11/h10-15,17-18H,2-9H2,1H3/t10?,11?,12?,13?,14-,15-/m1/s1. The van der Waals surface area contributed by atoms with E-state index in [1.165, 1.54) is 19.3 Å². The Bertz CT molecular complexity index is 257. The fourth-order valence-electron chi connectivity index (χ4n) is 4.07. The molecule has 2 aliphatic carbocycles. The molecule has 102 valence electrons. The van der Waals surface area contributed by atoms with Crippen LogP contribution in [0.1, 0.15) is 58.3 Å². The van der Waals surface area contributed by atoms with Gasteiger partial charge in [0.25, 0.3) is 0 Å². The topological polar surface area (TPSA) is 40.5 Å². The quantitative estimate of drug-likeness (QED) is 0.756. The highest BCUT2D eigenvalue weighted by molar-refractivity contribution is 6.11. The normalized spacial score (nSPS) is 43.6. The van der Waals surface area contributed by atoms with Crippen molar-refractivity contribution >= 4 is 7.85 Å². The van der Waals surface area contributed by atoms with Crippen molar-refractivity contribution in [1.29, 1.82) is 0 Å². The van der Waals surface area contributed by atoms with Gasteiger partial charge in [-0.3, -0.25) is 0 Å². The molecule has 0 aromatic carbocycles. The van der Waals surface area contributed by atoms with E-state index >= 15 is 0 Å². The summed E-state index contributed by atoms with van der Waals surface area (Å²) >= 11 is 0. The Morgan fingerprint density at radius 1 is 1.17 bits per heavy atom. The van der Waals surface area contributed by atoms with Gasteiger partial charge in [0.15, 0.2) is 0 Å². The molecule has 6 atom stereocenters. The van der Waals surface area contributed by atoms with E-state index in [-0.39, 0.29) is 18.1 Å². The fraction of sp³-hybridized carbons (Fsp3) is 1.00. The van der Waals surface area contributed by atoms with E-state index in [2.05, 4.69) is 0 Å². The minimum atomic E-state index is -0.378. The monoisotopic (exact) mass is 250 g/mol. The summed E-state index contributed by atoms with van der Waals surface area (Å²) in [6.07, 6.45) is 8.48. The Kier molecular flexibility index (Phi) is 5.14. The average Bonchev–Trinajstić information content (AvgIpc) is 2.31. The average molecular weight is 250 g/mol. The van der Waals surface area contributed by atoms with Crippen LogP contribution >= 0.6 is 0 Å². The molecule has 0 aliphatic heterocycles. The van der Waals surface area contributed by atoms with Gasteiger partial charge >= 0.3 is 0 Å². The van der Waals surface area contributed by atoms with E-state index in [0.717, 1.165) is 32.1 Å². The first-order valence-electron chi connectivity index (χ1n) is 7.69. The molecule has 2 N–H and O–H groups in total. The zero-order valence-electron chi connectivity index (χ0n) is 11.6. The van der Waals surface area contributed by atoms with Gasteiger partial charge in [0.1, 0.15) is 0 Å². The van der Waals surface area contributed by atoms with Crippen LogP contribution in [0, 0.1) is 17.8 Å². The first-order chi connectivity index (χ1) is 8.58. The van der Waals surface area contributed by atoms with Gasteiger partial charge in [0.05, 0.1) is 20.1 Å². The number of hydrogen-bond acceptors (Lipinski definition) is 2. The third-order valence-electron chi connectivity index (χ3n) is 5.11. The molecule has 2 rings (SSSR count). The van der Waals surface area contributed by atoms with Crippen LogP contribution in [0.3, 0.4) is 0 Å². The van der Waals surface area contributed by atoms with Crippen molar-refractivity contribution in [3.8, 4) is 0 Å². The molecule has 2 saturated carbocycles. The van der Waals surface area contributed by atoms with Crippen LogP contribution in [-0.4, -0.2) is 30.3 Å². The number of aliphatic hydroxyl groups is 2. The summed E-state index contributed by atoms with van der Waals surface area (Å²) < 4.78 is 0. The molecule has 4 unspecified atom stereocenters. The number of hydrogen-bond donors (Lipinski definition) is 2. The van der Waals surface area contributed by atoms with Gasteiger partial charge in [0.2, 0.25) is 0 Å². The van der Waals surface area contributed by atoms with Crippen molar-refractivity contribution in [3.05, 3.63) is 0 Å². The summed E-state index contributed by atoms with van der Waals surface area (Å²) in [6.45, 7) is 1.81. The Balaban J connectivity index is 1.87. The van der Waals surface area contributed by atoms with Crippen LogP contribution in [-0.2, 0) is 0 Å². The molecule has 2 aliphatic rings. The van der Waals surface area contributed by atoms with Crippen LogP contribution in [0.4, 0.5) is 0 Å². The zero-order chi connectivity index (χ0) is 13.1. The maximum atomic E-state index is 10.4. The number of aliphatic hydroxyl groups excluding tert-OH is 2. The lowest BCUT2D eigenvalue weighted by molar-refractivity contribution is -0.0453. The van der Waals surface area contributed by atoms with E-state index in [1.54, 1.807) is 0 Å². The smallest absolute Gasteiger partial charge is 0.0699 e. The van der Waals surface area contributed by atoms with Crippen LogP contribution in [0.15, 0.2) is 0 Å². The van der Waals surface area contributed by atoms with Gasteiger partial charge in [-0.1, -0.05) is 37.9 Å². The molecule has 18 heavy (non-hydrogen) atoms. The van der Waals surface area contributed by atoms with Crippen molar-refractivity contribution in [3.63, 3.8) is 0 Å². The second kappa shape index (κ2) is 6.43. The molecule has 0 saturated heterocycles. The number of rotatable bonds is 3. The second-order valence-corrected chi connectivity index (χ2v) is 6.61. The van der Waals surface area contributed by atoms with E-state index in [9.17, 15) is 10.2 Å². The predicted octanol–water partition coefficient (Wildman–Crippen LogP) is 2.68. The summed E-state index contributed by atoms with van der Waals surface area (Å²) in [4.78, 5) is 0. The molecule has 0 aromatic rings. The maximum absolute atomic E-state index is 10.4. The first kappa shape index (κ1) is 14.4. The minimum Gasteiger partial charge on any atom is -0.393 e. The molecule has 2 nitrogen and oxygen atoms in total. The summed E-state index contributed by atoms with van der Waals surface area (Å²) in [5.74, 6) is 1.54. The molecule has 3 heteroatoms. The molecular weight excluding hydrogens is 223 g/mol. The lowest BCUT2D eigenvalue weighted by Crippen LogP contribution is -2.40. The molecule has 0 heterocycles. The Morgan fingerprint density at radius 2 is 1.89 bits per heavy atom. The highest BCUT2D eigenvalue weighted by Gasteiger charge is 2.35. The van der Waals surface area contributed by atoms with Crippen molar-refractivity contribution in [2.75, 3.05) is 0 Å². The lowest BCUT2D eigenvalue weighted by Gasteiger charge is -2.39. The van der Waals surface area contributed by atoms with Gasteiger partial charge in [-0.25, -0.2) is 0 Å². The summed E-state index contributed by atoms with van der Waals surface area (Å²) in [6, 6.07) is 0. The Morgan fingerprint density at radius 3 is 2.56 bits per heavy atom. The molecule has 2 fully saturated rings. The van der Waals surface area contributed by atoms with E-state index in [1.807, 2.05) is 6.92 Å². The lowest BCUT2D eigenvalue weighted by atomic mass is 9.66. The highest BCUT2D eigenvalue weighted by Crippen LogP contribution is 2.40. The SMILES string of the molecule is [B]C1CCCC(CC2CCC[C@H](C(C)O)[C@@H]2O)C1. The van der Waals surface area contributed by atoms with Crippen LogP contribution < -0.4 is 0 Å². The molecule has 0 spiro atoms. The van der Waals surface area contributed by atoms with Crippen molar-refractivity contribution in [2.24, 2.45) is 17.8 Å². The van der Waals surface area contributed by atoms with Gasteiger partial charge in [-0.15, -0.1) is 0 Å². The van der Waals surface area contributed by atoms with Crippen LogP contribution in [0.2, 0.25) is 5.82 Å². The van der Waals surface area contributed by atoms with Crippen LogP contribution in [0.25, 0.3) is 0 Å². The fourth-order valence-corrected chi connectivity index (χ4v) is 4.07. The Labute approximate surface area is 113 Å². The molecular formula is C15H27BO2. The van der Waals surface area contributed by atoms with Crippen molar-refractivity contribution in [1.82, 2.24) is 0 Å². The third kappa shape index (κ3) is 3.51. The van der Waals surface area contributed by atoms with Gasteiger partial charge in [-0.05, 0) is 38.0 Å². The highest BCUT2D eigenvalue weighted by atomic mass is 16.3. The minimum absolute atomic E-state index is 0.0843. The maximum Gasteiger partial charge on any atom is 0.0699 e. The predicted molar refractivity (Wildman–Crippen MR) is 74.6 cm³/mol. The van der Waals surface area contributed by atoms with Gasteiger partial charge < -0.3 is 10.2 Å². The summed E-state index contributed by atoms with van der Waals surface area (Å²) in [5.41, 5.74) is 0. The van der Waals surface area contributed by atoms with Gasteiger partial charge in [-0.2, -0.15) is 0 Å². The molecule has 2 radical (unpaired) electrons. The van der Waals surface area contributed by atoms with E-state index < -0.39 is 0 Å². The van der Waals surface area contributed by atoms with Crippen LogP contribution in [0.5, 0.6) is 0 Å². The zero-order valence-corrected chi connectivity index (χ0v) is 11.6. The van der Waals surface area contributed by atoms with Crippen molar-refractivity contribution < 1.29 is 10.2 Å². The van der Waals surface area contributed by atoms with E-state index in [0.29, 0.717) is 17.7 Å². The second-order valence-electron chi connectivity index (χ2n) is 6.61. The largest absolute Gasteiger partial charge is 0.393 e. The first-order valence-corrected chi connectivity index (χ1v) is 7.69. The molecule has 0 amide bonds. The molecule has 0 bridgehead atoms. The summed E-state index contributed by atoms with van der Waals surface area (Å²) in [7, 11) is 6.04. The van der Waals surface area contributed by atoms with Crippen molar-refractivity contribution in [2.45, 2.75) is 76.3 Å². The third-order valence-corrected chi connectivity index (χ3v) is 5.11. The Hall–Kier alpha value is -0.0151. The molecule has 0 aromatic heterocycles. The summed E-state index contributed by atoms with van der Waals surface area (Å²) in [5, 5.41) is 20.1.